The molecule has 37 heavy (non-hydrogen) atoms. The molecule has 1 aromatic heterocycles. The first-order chi connectivity index (χ1) is 17.7. The van der Waals surface area contributed by atoms with Gasteiger partial charge in [-0.2, -0.15) is 22.0 Å². The molecule has 0 spiro atoms. The number of piperidine rings is 1. The molecule has 0 unspecified atom stereocenters. The number of carbonyl (C=O) groups excluding carboxylic acids is 1. The summed E-state index contributed by atoms with van der Waals surface area (Å²) in [6, 6.07) is 13.3. The van der Waals surface area contributed by atoms with Gasteiger partial charge in [-0.25, -0.2) is 0 Å². The molecule has 10 heteroatoms. The smallest absolute Gasteiger partial charge is 0.416 e. The zero-order valence-electron chi connectivity index (χ0n) is 20.1. The summed E-state index contributed by atoms with van der Waals surface area (Å²) in [5.41, 5.74) is 1.74. The van der Waals surface area contributed by atoms with E-state index in [1.54, 1.807) is 12.1 Å². The van der Waals surface area contributed by atoms with Crippen molar-refractivity contribution in [1.82, 2.24) is 14.8 Å². The third-order valence-corrected chi connectivity index (χ3v) is 6.45. The summed E-state index contributed by atoms with van der Waals surface area (Å²) < 4.78 is 69.3. The molecule has 4 rings (SSSR count). The largest absolute Gasteiger partial charge is 0.435 e. The maximum atomic E-state index is 12.8. The quantitative estimate of drug-likeness (QED) is 0.351. The van der Waals surface area contributed by atoms with E-state index in [-0.39, 0.29) is 24.1 Å². The molecule has 1 saturated heterocycles. The molecule has 1 N–H and O–H groups in total. The predicted octanol–water partition coefficient (Wildman–Crippen LogP) is 6.02. The van der Waals surface area contributed by atoms with Crippen molar-refractivity contribution in [3.63, 3.8) is 0 Å². The molecular formula is C27H28F5N3O2. The fourth-order valence-electron chi connectivity index (χ4n) is 4.49. The fourth-order valence-corrected chi connectivity index (χ4v) is 4.49. The van der Waals surface area contributed by atoms with E-state index < -0.39 is 18.4 Å². The van der Waals surface area contributed by atoms with Gasteiger partial charge in [-0.15, -0.1) is 0 Å². The Morgan fingerprint density at radius 3 is 2.43 bits per heavy atom. The second-order valence-electron chi connectivity index (χ2n) is 9.20. The van der Waals surface area contributed by atoms with E-state index in [4.69, 9.17) is 0 Å². The minimum absolute atomic E-state index is 0.0591. The topological polar surface area (TPSA) is 46.5 Å². The summed E-state index contributed by atoms with van der Waals surface area (Å²) in [5, 5.41) is 2.85. The summed E-state index contributed by atoms with van der Waals surface area (Å²) in [4.78, 5) is 14.7. The van der Waals surface area contributed by atoms with Crippen molar-refractivity contribution >= 4 is 5.91 Å². The van der Waals surface area contributed by atoms with Crippen LogP contribution in [-0.4, -0.2) is 35.1 Å². The van der Waals surface area contributed by atoms with Gasteiger partial charge < -0.3 is 14.6 Å². The maximum absolute atomic E-state index is 12.8. The average molecular weight is 522 g/mol. The Hall–Kier alpha value is -3.40. The van der Waals surface area contributed by atoms with Crippen LogP contribution in [0, 0.1) is 5.92 Å². The second kappa shape index (κ2) is 11.8. The van der Waals surface area contributed by atoms with Crippen LogP contribution in [-0.2, 0) is 24.1 Å². The van der Waals surface area contributed by atoms with Crippen LogP contribution in [0.2, 0.25) is 0 Å². The maximum Gasteiger partial charge on any atom is 0.416 e. The number of amides is 1. The van der Waals surface area contributed by atoms with Gasteiger partial charge in [0.15, 0.2) is 0 Å². The van der Waals surface area contributed by atoms with Gasteiger partial charge in [-0.3, -0.25) is 9.69 Å². The van der Waals surface area contributed by atoms with Gasteiger partial charge in [0.05, 0.1) is 5.56 Å². The molecule has 1 aliphatic heterocycles. The lowest BCUT2D eigenvalue weighted by Crippen LogP contribution is -2.35. The zero-order valence-corrected chi connectivity index (χ0v) is 20.1. The number of nitrogens with one attached hydrogen (secondary N) is 1. The third-order valence-electron chi connectivity index (χ3n) is 6.45. The van der Waals surface area contributed by atoms with E-state index in [0.29, 0.717) is 17.7 Å². The van der Waals surface area contributed by atoms with Crippen LogP contribution in [0.1, 0.15) is 36.0 Å². The van der Waals surface area contributed by atoms with Crippen molar-refractivity contribution in [3.05, 3.63) is 83.7 Å². The van der Waals surface area contributed by atoms with Crippen molar-refractivity contribution in [2.45, 2.75) is 45.1 Å². The van der Waals surface area contributed by atoms with Crippen molar-refractivity contribution in [1.29, 1.82) is 0 Å². The molecule has 3 aromatic rings. The molecule has 1 fully saturated rings. The number of aromatic nitrogens is 1. The molecule has 1 amide bonds. The number of benzene rings is 2. The SMILES string of the molecule is O=C(CC1CCN(Cc2ccn(-c3ccc(C(F)(F)F)cc3)c2)CC1)NCc1cccc(OC(F)F)c1. The highest BCUT2D eigenvalue weighted by Crippen LogP contribution is 2.30. The number of ether oxygens (including phenoxy) is 1. The van der Waals surface area contributed by atoms with Crippen LogP contribution < -0.4 is 10.1 Å². The molecule has 0 bridgehead atoms. The summed E-state index contributed by atoms with van der Waals surface area (Å²) in [6.07, 6.45) is 1.57. The van der Waals surface area contributed by atoms with Gasteiger partial charge in [0.1, 0.15) is 5.75 Å². The van der Waals surface area contributed by atoms with Gasteiger partial charge in [0.2, 0.25) is 5.91 Å². The van der Waals surface area contributed by atoms with Gasteiger partial charge in [0.25, 0.3) is 0 Å². The molecule has 0 aliphatic carbocycles. The van der Waals surface area contributed by atoms with Crippen LogP contribution in [0.25, 0.3) is 5.69 Å². The Kier molecular flexibility index (Phi) is 8.48. The number of hydrogen-bond acceptors (Lipinski definition) is 3. The Bertz CT molecular complexity index is 1170. The van der Waals surface area contributed by atoms with Crippen LogP contribution in [0.3, 0.4) is 0 Å². The standard InChI is InChI=1S/C27H28F5N3O2/c28-26(29)37-24-3-1-2-20(14-24)16-33-25(36)15-19-8-11-34(12-9-19)17-21-10-13-35(18-21)23-6-4-22(5-7-23)27(30,31)32/h1-7,10,13-14,18-19,26H,8-9,11-12,15-17H2,(H,33,36). The highest BCUT2D eigenvalue weighted by atomic mass is 19.4. The van der Waals surface area contributed by atoms with E-state index in [9.17, 15) is 26.7 Å². The number of rotatable bonds is 9. The lowest BCUT2D eigenvalue weighted by Gasteiger charge is -2.31. The normalized spacial score (nSPS) is 15.2. The molecule has 198 valence electrons. The number of nitrogens with zero attached hydrogens (tertiary/aromatic N) is 2. The lowest BCUT2D eigenvalue weighted by atomic mass is 9.93. The van der Waals surface area contributed by atoms with Crippen LogP contribution in [0.5, 0.6) is 5.75 Å². The summed E-state index contributed by atoms with van der Waals surface area (Å²) >= 11 is 0. The average Bonchev–Trinajstić information content (AvgIpc) is 3.32. The molecular weight excluding hydrogens is 493 g/mol. The van der Waals surface area contributed by atoms with E-state index in [2.05, 4.69) is 15.0 Å². The first-order valence-corrected chi connectivity index (χ1v) is 12.0. The van der Waals surface area contributed by atoms with E-state index in [1.165, 1.54) is 24.3 Å². The van der Waals surface area contributed by atoms with E-state index in [1.807, 2.05) is 23.0 Å². The van der Waals surface area contributed by atoms with E-state index >= 15 is 0 Å². The van der Waals surface area contributed by atoms with Crippen molar-refractivity contribution in [2.24, 2.45) is 5.92 Å². The summed E-state index contributed by atoms with van der Waals surface area (Å²) in [7, 11) is 0. The molecule has 0 radical (unpaired) electrons. The number of alkyl halides is 5. The predicted molar refractivity (Wildman–Crippen MR) is 128 cm³/mol. The highest BCUT2D eigenvalue weighted by Gasteiger charge is 2.30. The number of likely N-dealkylation sites (tertiary alicyclic amines) is 1. The van der Waals surface area contributed by atoms with Crippen molar-refractivity contribution in [2.75, 3.05) is 13.1 Å². The third kappa shape index (κ3) is 7.79. The Labute approximate surface area is 211 Å². The number of carbonyl (C=O) groups is 1. The molecule has 2 heterocycles. The number of halogens is 5. The molecule has 0 atom stereocenters. The lowest BCUT2D eigenvalue weighted by molar-refractivity contribution is -0.137. The summed E-state index contributed by atoms with van der Waals surface area (Å²) in [6.45, 7) is -0.237. The highest BCUT2D eigenvalue weighted by molar-refractivity contribution is 5.76. The van der Waals surface area contributed by atoms with Crippen molar-refractivity contribution < 1.29 is 31.5 Å². The fraction of sp³-hybridized carbons (Fsp3) is 0.370. The van der Waals surface area contributed by atoms with Gasteiger partial charge in [-0.1, -0.05) is 12.1 Å². The van der Waals surface area contributed by atoms with Crippen LogP contribution in [0.4, 0.5) is 22.0 Å². The van der Waals surface area contributed by atoms with Crippen LogP contribution in [0.15, 0.2) is 67.0 Å². The Balaban J connectivity index is 1.20. The van der Waals surface area contributed by atoms with Gasteiger partial charge in [0, 0.05) is 37.6 Å². The minimum Gasteiger partial charge on any atom is -0.435 e. The Morgan fingerprint density at radius 2 is 1.76 bits per heavy atom. The zero-order chi connectivity index (χ0) is 26.4. The monoisotopic (exact) mass is 521 g/mol. The van der Waals surface area contributed by atoms with E-state index in [0.717, 1.165) is 50.2 Å². The summed E-state index contributed by atoms with van der Waals surface area (Å²) in [5.74, 6) is 0.248. The second-order valence-corrected chi connectivity index (χ2v) is 9.20. The molecule has 1 aliphatic rings. The minimum atomic E-state index is -4.35. The Morgan fingerprint density at radius 1 is 1.03 bits per heavy atom. The van der Waals surface area contributed by atoms with Crippen LogP contribution >= 0.6 is 0 Å². The first-order valence-electron chi connectivity index (χ1n) is 12.0. The molecule has 2 aromatic carbocycles. The molecule has 0 saturated carbocycles. The molecule has 5 nitrogen and oxygen atoms in total. The van der Waals surface area contributed by atoms with Gasteiger partial charge >= 0.3 is 12.8 Å². The first kappa shape index (κ1) is 26.7. The number of hydrogen-bond donors (Lipinski definition) is 1. The van der Waals surface area contributed by atoms with Gasteiger partial charge in [-0.05, 0) is 85.4 Å². The van der Waals surface area contributed by atoms with Crippen molar-refractivity contribution in [3.8, 4) is 11.4 Å².